The Kier molecular flexibility index (Phi) is 3.20. The van der Waals surface area contributed by atoms with E-state index in [0.717, 1.165) is 11.3 Å². The molecule has 0 saturated carbocycles. The molecule has 86 valence electrons. The largest absolute Gasteiger partial charge is 0.324 e. The van der Waals surface area contributed by atoms with E-state index in [2.05, 4.69) is 36.4 Å². The highest BCUT2D eigenvalue weighted by atomic mass is 35.5. The molecule has 0 spiro atoms. The smallest absolute Gasteiger partial charge is 0.125 e. The van der Waals surface area contributed by atoms with Crippen LogP contribution in [-0.2, 0) is 5.88 Å². The number of para-hydroxylation sites is 2. The average Bonchev–Trinajstić information content (AvgIpc) is 2.66. The van der Waals surface area contributed by atoms with E-state index in [1.165, 1.54) is 5.52 Å². The summed E-state index contributed by atoms with van der Waals surface area (Å²) in [5.74, 6) is 2.00. The van der Waals surface area contributed by atoms with E-state index in [4.69, 9.17) is 11.6 Å². The molecule has 3 heteroatoms. The van der Waals surface area contributed by atoms with Crippen LogP contribution in [0.25, 0.3) is 11.0 Å². The van der Waals surface area contributed by atoms with E-state index in [1.54, 1.807) is 0 Å². The third-order valence-corrected chi connectivity index (χ3v) is 3.40. The molecule has 1 aromatic carbocycles. The van der Waals surface area contributed by atoms with E-state index in [9.17, 15) is 0 Å². The SMILES string of the molecule is CC(C)C(C)n1c(CCl)nc2ccccc21. The third kappa shape index (κ3) is 1.82. The zero-order chi connectivity index (χ0) is 11.7. The van der Waals surface area contributed by atoms with Crippen LogP contribution in [-0.4, -0.2) is 9.55 Å². The summed E-state index contributed by atoms with van der Waals surface area (Å²) in [6.07, 6.45) is 0. The van der Waals surface area contributed by atoms with Crippen molar-refractivity contribution in [3.63, 3.8) is 0 Å². The Hall–Kier alpha value is -1.02. The molecule has 2 nitrogen and oxygen atoms in total. The lowest BCUT2D eigenvalue weighted by Crippen LogP contribution is -2.13. The number of benzene rings is 1. The fraction of sp³-hybridized carbons (Fsp3) is 0.462. The minimum atomic E-state index is 0.418. The van der Waals surface area contributed by atoms with E-state index in [-0.39, 0.29) is 0 Å². The maximum atomic E-state index is 5.97. The lowest BCUT2D eigenvalue weighted by atomic mass is 10.1. The number of halogens is 1. The van der Waals surface area contributed by atoms with Crippen molar-refractivity contribution in [2.45, 2.75) is 32.7 Å². The van der Waals surface area contributed by atoms with Crippen molar-refractivity contribution in [1.29, 1.82) is 0 Å². The number of aromatic nitrogens is 2. The van der Waals surface area contributed by atoms with Gasteiger partial charge >= 0.3 is 0 Å². The number of nitrogens with zero attached hydrogens (tertiary/aromatic N) is 2. The van der Waals surface area contributed by atoms with Gasteiger partial charge in [0.25, 0.3) is 0 Å². The zero-order valence-electron chi connectivity index (χ0n) is 9.94. The summed E-state index contributed by atoms with van der Waals surface area (Å²) in [5.41, 5.74) is 2.21. The van der Waals surface area contributed by atoms with E-state index in [0.29, 0.717) is 17.8 Å². The molecule has 1 heterocycles. The van der Waals surface area contributed by atoms with Gasteiger partial charge in [0.1, 0.15) is 5.82 Å². The first kappa shape index (κ1) is 11.5. The average molecular weight is 237 g/mol. The minimum absolute atomic E-state index is 0.418. The Morgan fingerprint density at radius 1 is 1.25 bits per heavy atom. The number of alkyl halides is 1. The van der Waals surface area contributed by atoms with Gasteiger partial charge in [-0.1, -0.05) is 26.0 Å². The van der Waals surface area contributed by atoms with Crippen molar-refractivity contribution in [3.05, 3.63) is 30.1 Å². The van der Waals surface area contributed by atoms with Crippen molar-refractivity contribution < 1.29 is 0 Å². The standard InChI is InChI=1S/C13H17ClN2/c1-9(2)10(3)16-12-7-5-4-6-11(12)15-13(16)8-14/h4-7,9-10H,8H2,1-3H3. The summed E-state index contributed by atoms with van der Waals surface area (Å²) >= 11 is 5.97. The number of hydrogen-bond donors (Lipinski definition) is 0. The lowest BCUT2D eigenvalue weighted by Gasteiger charge is -2.20. The molecule has 0 saturated heterocycles. The first-order valence-electron chi connectivity index (χ1n) is 5.67. The molecule has 0 aliphatic rings. The fourth-order valence-electron chi connectivity index (χ4n) is 1.94. The molecule has 0 amide bonds. The Bertz CT molecular complexity index is 488. The Balaban J connectivity index is 2.64. The molecule has 0 radical (unpaired) electrons. The Morgan fingerprint density at radius 2 is 1.94 bits per heavy atom. The van der Waals surface area contributed by atoms with Gasteiger partial charge in [0.2, 0.25) is 0 Å². The molecular weight excluding hydrogens is 220 g/mol. The van der Waals surface area contributed by atoms with Crippen LogP contribution in [0.3, 0.4) is 0 Å². The van der Waals surface area contributed by atoms with Crippen LogP contribution in [0.2, 0.25) is 0 Å². The third-order valence-electron chi connectivity index (χ3n) is 3.16. The first-order chi connectivity index (χ1) is 7.65. The Morgan fingerprint density at radius 3 is 2.56 bits per heavy atom. The topological polar surface area (TPSA) is 17.8 Å². The Labute approximate surface area is 101 Å². The highest BCUT2D eigenvalue weighted by Gasteiger charge is 2.17. The predicted octanol–water partition coefficient (Wildman–Crippen LogP) is 3.99. The molecule has 0 N–H and O–H groups in total. The van der Waals surface area contributed by atoms with Gasteiger partial charge in [0.05, 0.1) is 16.9 Å². The minimum Gasteiger partial charge on any atom is -0.324 e. The van der Waals surface area contributed by atoms with Gasteiger partial charge in [0, 0.05) is 6.04 Å². The van der Waals surface area contributed by atoms with Crippen LogP contribution in [0.4, 0.5) is 0 Å². The summed E-state index contributed by atoms with van der Waals surface area (Å²) in [6.45, 7) is 6.66. The normalized spacial score (nSPS) is 13.6. The van der Waals surface area contributed by atoms with Crippen molar-refractivity contribution in [2.75, 3.05) is 0 Å². The van der Waals surface area contributed by atoms with Gasteiger partial charge in [-0.2, -0.15) is 0 Å². The van der Waals surface area contributed by atoms with Crippen LogP contribution in [0.5, 0.6) is 0 Å². The highest BCUT2D eigenvalue weighted by molar-refractivity contribution is 6.16. The van der Waals surface area contributed by atoms with Crippen molar-refractivity contribution in [3.8, 4) is 0 Å². The maximum Gasteiger partial charge on any atom is 0.125 e. The molecule has 0 aliphatic heterocycles. The second kappa shape index (κ2) is 4.46. The van der Waals surface area contributed by atoms with E-state index < -0.39 is 0 Å². The monoisotopic (exact) mass is 236 g/mol. The van der Waals surface area contributed by atoms with Gasteiger partial charge in [-0.3, -0.25) is 0 Å². The molecular formula is C13H17ClN2. The second-order valence-electron chi connectivity index (χ2n) is 4.50. The molecule has 16 heavy (non-hydrogen) atoms. The lowest BCUT2D eigenvalue weighted by molar-refractivity contribution is 0.409. The number of imidazole rings is 1. The van der Waals surface area contributed by atoms with Gasteiger partial charge in [-0.25, -0.2) is 4.98 Å². The first-order valence-corrected chi connectivity index (χ1v) is 6.20. The van der Waals surface area contributed by atoms with Crippen molar-refractivity contribution >= 4 is 22.6 Å². The fourth-order valence-corrected chi connectivity index (χ4v) is 2.13. The van der Waals surface area contributed by atoms with Crippen molar-refractivity contribution in [1.82, 2.24) is 9.55 Å². The van der Waals surface area contributed by atoms with E-state index in [1.807, 2.05) is 18.2 Å². The number of hydrogen-bond acceptors (Lipinski definition) is 1. The summed E-state index contributed by atoms with van der Waals surface area (Å²) in [6, 6.07) is 8.62. The van der Waals surface area contributed by atoms with Crippen molar-refractivity contribution in [2.24, 2.45) is 5.92 Å². The number of fused-ring (bicyclic) bond motifs is 1. The van der Waals surface area contributed by atoms with Gasteiger partial charge in [-0.15, -0.1) is 11.6 Å². The quantitative estimate of drug-likeness (QED) is 0.737. The van der Waals surface area contributed by atoms with Crippen LogP contribution in [0, 0.1) is 5.92 Å². The molecule has 1 aromatic heterocycles. The summed E-state index contributed by atoms with van der Waals surface area (Å²) in [4.78, 5) is 4.57. The molecule has 1 atom stereocenters. The van der Waals surface area contributed by atoms with Gasteiger partial charge in [0.15, 0.2) is 0 Å². The second-order valence-corrected chi connectivity index (χ2v) is 4.77. The van der Waals surface area contributed by atoms with Crippen LogP contribution < -0.4 is 0 Å². The maximum absolute atomic E-state index is 5.97. The van der Waals surface area contributed by atoms with Crippen LogP contribution in [0.1, 0.15) is 32.6 Å². The van der Waals surface area contributed by atoms with Crippen LogP contribution >= 0.6 is 11.6 Å². The predicted molar refractivity (Wildman–Crippen MR) is 68.8 cm³/mol. The zero-order valence-corrected chi connectivity index (χ0v) is 10.7. The van der Waals surface area contributed by atoms with Gasteiger partial charge < -0.3 is 4.57 Å². The molecule has 1 unspecified atom stereocenters. The van der Waals surface area contributed by atoms with Gasteiger partial charge in [-0.05, 0) is 25.0 Å². The molecule has 0 bridgehead atoms. The molecule has 0 aliphatic carbocycles. The number of rotatable bonds is 3. The molecule has 0 fully saturated rings. The van der Waals surface area contributed by atoms with Crippen LogP contribution in [0.15, 0.2) is 24.3 Å². The molecule has 2 rings (SSSR count). The van der Waals surface area contributed by atoms with E-state index >= 15 is 0 Å². The summed E-state index contributed by atoms with van der Waals surface area (Å²) in [5, 5.41) is 0. The summed E-state index contributed by atoms with van der Waals surface area (Å²) < 4.78 is 2.26. The highest BCUT2D eigenvalue weighted by Crippen LogP contribution is 2.26. The summed E-state index contributed by atoms with van der Waals surface area (Å²) in [7, 11) is 0. The molecule has 2 aromatic rings.